The maximum atomic E-state index is 10.9. The van der Waals surface area contributed by atoms with E-state index in [4.69, 9.17) is 4.55 Å². The van der Waals surface area contributed by atoms with Crippen molar-refractivity contribution in [2.45, 2.75) is 57.4 Å². The summed E-state index contributed by atoms with van der Waals surface area (Å²) in [5.74, 6) is 0. The van der Waals surface area contributed by atoms with Gasteiger partial charge in [-0.15, -0.1) is 0 Å². The molecule has 1 aliphatic carbocycles. The molecular weight excluding hydrogens is 272 g/mol. The van der Waals surface area contributed by atoms with Gasteiger partial charge >= 0.3 is 0 Å². The second-order valence-corrected chi connectivity index (χ2v) is 6.14. The number of benzene rings is 1. The van der Waals surface area contributed by atoms with E-state index in [1.165, 1.54) is 51.4 Å². The van der Waals surface area contributed by atoms with E-state index in [0.717, 1.165) is 5.69 Å². The van der Waals surface area contributed by atoms with Crippen LogP contribution in [0, 0.1) is 0 Å². The van der Waals surface area contributed by atoms with E-state index in [9.17, 15) is 4.21 Å². The Labute approximate surface area is 123 Å². The molecule has 0 aliphatic heterocycles. The summed E-state index contributed by atoms with van der Waals surface area (Å²) in [7, 11) is 0. The molecule has 2 rings (SSSR count). The average molecular weight is 296 g/mol. The minimum atomic E-state index is -2.03. The molecule has 1 atom stereocenters. The number of nitrogens with one attached hydrogen (secondary N) is 2. The summed E-state index contributed by atoms with van der Waals surface area (Å²) in [6.45, 7) is 0. The van der Waals surface area contributed by atoms with Crippen LogP contribution in [0.15, 0.2) is 24.3 Å². The lowest BCUT2D eigenvalue weighted by Gasteiger charge is -2.21. The lowest BCUT2D eigenvalue weighted by atomic mass is 10.0. The van der Waals surface area contributed by atoms with Gasteiger partial charge in [0.2, 0.25) is 0 Å². The van der Waals surface area contributed by atoms with Crippen molar-refractivity contribution in [2.24, 2.45) is 0 Å². The summed E-state index contributed by atoms with van der Waals surface area (Å²) in [6.07, 6.45) is 10.2. The third-order valence-corrected chi connectivity index (χ3v) is 4.23. The summed E-state index contributed by atoms with van der Waals surface area (Å²) in [5.41, 5.74) is 1.60. The highest BCUT2D eigenvalue weighted by atomic mass is 32.2. The van der Waals surface area contributed by atoms with Crippen molar-refractivity contribution in [1.82, 2.24) is 0 Å². The number of rotatable bonds is 4. The highest BCUT2D eigenvalue weighted by Gasteiger charge is 2.12. The Bertz CT molecular complexity index is 430. The molecular formula is C15H24N2O2S. The Morgan fingerprint density at radius 3 is 2.10 bits per heavy atom. The number of hydrogen-bond donors (Lipinski definition) is 3. The van der Waals surface area contributed by atoms with Crippen LogP contribution in [-0.2, 0) is 11.3 Å². The van der Waals surface area contributed by atoms with Crippen molar-refractivity contribution in [3.63, 3.8) is 0 Å². The zero-order valence-corrected chi connectivity index (χ0v) is 12.6. The Morgan fingerprint density at radius 2 is 1.50 bits per heavy atom. The van der Waals surface area contributed by atoms with Gasteiger partial charge in [-0.25, -0.2) is 4.21 Å². The molecule has 0 amide bonds. The molecule has 4 nitrogen and oxygen atoms in total. The van der Waals surface area contributed by atoms with Crippen LogP contribution < -0.4 is 10.0 Å². The van der Waals surface area contributed by atoms with Gasteiger partial charge in [0.15, 0.2) is 0 Å². The first-order chi connectivity index (χ1) is 9.75. The van der Waals surface area contributed by atoms with Gasteiger partial charge in [0, 0.05) is 6.04 Å². The lowest BCUT2D eigenvalue weighted by Crippen LogP contribution is -2.20. The van der Waals surface area contributed by atoms with E-state index < -0.39 is 11.3 Å². The molecule has 1 aromatic rings. The average Bonchev–Trinajstić information content (AvgIpc) is 2.54. The van der Waals surface area contributed by atoms with Crippen LogP contribution in [0.5, 0.6) is 0 Å². The van der Waals surface area contributed by atoms with Crippen molar-refractivity contribution in [3.8, 4) is 0 Å². The maximum Gasteiger partial charge on any atom is 0.259 e. The van der Waals surface area contributed by atoms with Crippen molar-refractivity contribution in [1.29, 1.82) is 0 Å². The fourth-order valence-corrected chi connectivity index (χ4v) is 3.16. The molecule has 1 aromatic carbocycles. The summed E-state index contributed by atoms with van der Waals surface area (Å²) in [6, 6.07) is 8.06. The zero-order chi connectivity index (χ0) is 14.2. The van der Waals surface area contributed by atoms with Crippen LogP contribution in [0.4, 0.5) is 11.4 Å². The van der Waals surface area contributed by atoms with Crippen LogP contribution in [0.2, 0.25) is 0 Å². The molecule has 0 radical (unpaired) electrons. The van der Waals surface area contributed by atoms with Crippen LogP contribution in [0.25, 0.3) is 0 Å². The molecule has 0 saturated heterocycles. The molecule has 0 bridgehead atoms. The van der Waals surface area contributed by atoms with Crippen molar-refractivity contribution >= 4 is 22.6 Å². The van der Waals surface area contributed by atoms with Crippen molar-refractivity contribution < 1.29 is 8.76 Å². The summed E-state index contributed by atoms with van der Waals surface area (Å²) in [4.78, 5) is 0. The van der Waals surface area contributed by atoms with Gasteiger partial charge in [0.1, 0.15) is 0 Å². The molecule has 20 heavy (non-hydrogen) atoms. The molecule has 1 unspecified atom stereocenters. The normalized spacial score (nSPS) is 19.4. The van der Waals surface area contributed by atoms with Gasteiger partial charge in [-0.05, 0) is 25.0 Å². The first-order valence-electron chi connectivity index (χ1n) is 7.49. The van der Waals surface area contributed by atoms with Crippen LogP contribution in [0.3, 0.4) is 0 Å². The fourth-order valence-electron chi connectivity index (χ4n) is 2.79. The van der Waals surface area contributed by atoms with Gasteiger partial charge in [-0.1, -0.05) is 50.7 Å². The number of para-hydroxylation sites is 2. The predicted octanol–water partition coefficient (Wildman–Crippen LogP) is 4.15. The minimum Gasteiger partial charge on any atom is -0.381 e. The van der Waals surface area contributed by atoms with Gasteiger partial charge in [0.05, 0.1) is 11.4 Å². The molecule has 0 heterocycles. The van der Waals surface area contributed by atoms with E-state index in [1.807, 2.05) is 24.3 Å². The first-order valence-corrected chi connectivity index (χ1v) is 8.59. The molecule has 1 aliphatic rings. The minimum absolute atomic E-state index is 0.461. The third-order valence-electron chi connectivity index (χ3n) is 3.84. The fraction of sp³-hybridized carbons (Fsp3) is 0.600. The SMILES string of the molecule is O=S(O)Nc1ccccc1NC1CCCCCCCC1. The van der Waals surface area contributed by atoms with E-state index >= 15 is 0 Å². The summed E-state index contributed by atoms with van der Waals surface area (Å²) >= 11 is -2.03. The lowest BCUT2D eigenvalue weighted by molar-refractivity contribution is 0.563. The summed E-state index contributed by atoms with van der Waals surface area (Å²) in [5, 5.41) is 3.54. The molecule has 0 spiro atoms. The highest BCUT2D eigenvalue weighted by Crippen LogP contribution is 2.25. The standard InChI is InChI=1S/C15H24N2O2S/c18-20(19)17-15-12-8-7-11-14(15)16-13-9-5-3-1-2-4-6-10-13/h7-8,11-13,16-17H,1-6,9-10H2,(H,18,19). The Kier molecular flexibility index (Phi) is 6.33. The van der Waals surface area contributed by atoms with Crippen LogP contribution >= 0.6 is 0 Å². The monoisotopic (exact) mass is 296 g/mol. The summed E-state index contributed by atoms with van der Waals surface area (Å²) < 4.78 is 22.5. The van der Waals surface area contributed by atoms with E-state index in [2.05, 4.69) is 10.0 Å². The predicted molar refractivity (Wildman–Crippen MR) is 85.2 cm³/mol. The highest BCUT2D eigenvalue weighted by molar-refractivity contribution is 7.80. The van der Waals surface area contributed by atoms with Crippen molar-refractivity contribution in [3.05, 3.63) is 24.3 Å². The third kappa shape index (κ3) is 5.13. The first kappa shape index (κ1) is 15.3. The molecule has 3 N–H and O–H groups in total. The number of hydrogen-bond acceptors (Lipinski definition) is 2. The second kappa shape index (κ2) is 8.27. The Morgan fingerprint density at radius 1 is 0.950 bits per heavy atom. The topological polar surface area (TPSA) is 61.4 Å². The van der Waals surface area contributed by atoms with Gasteiger partial charge < -0.3 is 5.32 Å². The van der Waals surface area contributed by atoms with Crippen LogP contribution in [0.1, 0.15) is 51.4 Å². The van der Waals surface area contributed by atoms with E-state index in [1.54, 1.807) is 0 Å². The molecule has 112 valence electrons. The molecule has 0 aromatic heterocycles. The van der Waals surface area contributed by atoms with Gasteiger partial charge in [0.25, 0.3) is 11.3 Å². The Hall–Kier alpha value is -1.07. The maximum absolute atomic E-state index is 10.9. The molecule has 1 fully saturated rings. The largest absolute Gasteiger partial charge is 0.381 e. The quantitative estimate of drug-likeness (QED) is 0.731. The Balaban J connectivity index is 2.01. The number of anilines is 2. The zero-order valence-electron chi connectivity index (χ0n) is 11.8. The smallest absolute Gasteiger partial charge is 0.259 e. The molecule has 1 saturated carbocycles. The van der Waals surface area contributed by atoms with E-state index in [0.29, 0.717) is 11.7 Å². The molecule has 5 heteroatoms. The van der Waals surface area contributed by atoms with Crippen molar-refractivity contribution in [2.75, 3.05) is 10.0 Å². The second-order valence-electron chi connectivity index (χ2n) is 5.44. The van der Waals surface area contributed by atoms with E-state index in [-0.39, 0.29) is 0 Å². The van der Waals surface area contributed by atoms with Crippen LogP contribution in [-0.4, -0.2) is 14.8 Å². The van der Waals surface area contributed by atoms with Gasteiger partial charge in [-0.2, -0.15) is 0 Å². The van der Waals surface area contributed by atoms with Gasteiger partial charge in [-0.3, -0.25) is 9.27 Å².